The molecule has 2 N–H and O–H groups in total. The molecule has 0 aliphatic carbocycles. The predicted molar refractivity (Wildman–Crippen MR) is 110 cm³/mol. The zero-order valence-corrected chi connectivity index (χ0v) is 16.0. The maximum atomic E-state index is 12.8. The molecule has 29 heavy (non-hydrogen) atoms. The lowest BCUT2D eigenvalue weighted by atomic mass is 10.0. The average Bonchev–Trinajstić information content (AvgIpc) is 2.73. The number of carbonyl (C=O) groups excluding carboxylic acids is 2. The number of hydrogen-bond acceptors (Lipinski definition) is 4. The molecule has 1 heterocycles. The van der Waals surface area contributed by atoms with Gasteiger partial charge in [0.2, 0.25) is 5.91 Å². The number of nitrogens with one attached hydrogen (secondary N) is 1. The molecule has 150 valence electrons. The van der Waals surface area contributed by atoms with E-state index in [1.54, 1.807) is 24.3 Å². The zero-order chi connectivity index (χ0) is 20.6. The standard InChI is InChI=1S/C22H23N3O4/c26-20-13-12-19(24-25(20)18-9-5-2-6-10-18)22(29)23-17(11-14-21(27)28)15-16-7-3-1-4-8-16/h1-10,17H,11-15H2,(H,23,29)(H,27,28). The Hall–Kier alpha value is -3.48. The van der Waals surface area contributed by atoms with Gasteiger partial charge in [0, 0.05) is 25.3 Å². The van der Waals surface area contributed by atoms with Crippen molar-refractivity contribution in [2.75, 3.05) is 5.01 Å². The molecule has 2 aromatic carbocycles. The van der Waals surface area contributed by atoms with E-state index < -0.39 is 5.97 Å². The molecule has 0 saturated carbocycles. The number of nitrogens with zero attached hydrogens (tertiary/aromatic N) is 2. The highest BCUT2D eigenvalue weighted by molar-refractivity contribution is 6.40. The smallest absolute Gasteiger partial charge is 0.303 e. The highest BCUT2D eigenvalue weighted by Crippen LogP contribution is 2.20. The number of aliphatic carboxylic acids is 1. The van der Waals surface area contributed by atoms with Gasteiger partial charge in [0.15, 0.2) is 0 Å². The third kappa shape index (κ3) is 5.75. The van der Waals surface area contributed by atoms with E-state index in [0.29, 0.717) is 18.5 Å². The van der Waals surface area contributed by atoms with Gasteiger partial charge in [0.25, 0.3) is 5.91 Å². The summed E-state index contributed by atoms with van der Waals surface area (Å²) in [6.07, 6.45) is 1.24. The molecule has 2 amide bonds. The van der Waals surface area contributed by atoms with Crippen molar-refractivity contribution in [3.63, 3.8) is 0 Å². The fraction of sp³-hybridized carbons (Fsp3) is 0.273. The summed E-state index contributed by atoms with van der Waals surface area (Å²) in [5.74, 6) is -1.45. The van der Waals surface area contributed by atoms with Crippen molar-refractivity contribution in [2.24, 2.45) is 5.10 Å². The second-order valence-electron chi connectivity index (χ2n) is 6.88. The summed E-state index contributed by atoms with van der Waals surface area (Å²) in [4.78, 5) is 36.0. The van der Waals surface area contributed by atoms with E-state index in [4.69, 9.17) is 5.11 Å². The van der Waals surface area contributed by atoms with Gasteiger partial charge in [-0.25, -0.2) is 5.01 Å². The maximum absolute atomic E-state index is 12.8. The third-order valence-corrected chi connectivity index (χ3v) is 4.66. The minimum absolute atomic E-state index is 0.0428. The molecular weight excluding hydrogens is 370 g/mol. The molecule has 2 aromatic rings. The molecule has 0 aromatic heterocycles. The lowest BCUT2D eigenvalue weighted by Gasteiger charge is -2.24. The van der Waals surface area contributed by atoms with Crippen LogP contribution in [0.15, 0.2) is 65.8 Å². The first-order valence-electron chi connectivity index (χ1n) is 9.55. The van der Waals surface area contributed by atoms with Crippen LogP contribution in [0.3, 0.4) is 0 Å². The molecule has 1 atom stereocenters. The van der Waals surface area contributed by atoms with Crippen molar-refractivity contribution < 1.29 is 19.5 Å². The van der Waals surface area contributed by atoms with Gasteiger partial charge in [-0.3, -0.25) is 14.4 Å². The number of hydrogen-bond donors (Lipinski definition) is 2. The van der Waals surface area contributed by atoms with E-state index >= 15 is 0 Å². The van der Waals surface area contributed by atoms with Crippen molar-refractivity contribution >= 4 is 29.2 Å². The van der Waals surface area contributed by atoms with E-state index in [2.05, 4.69) is 10.4 Å². The fourth-order valence-electron chi connectivity index (χ4n) is 3.18. The largest absolute Gasteiger partial charge is 0.481 e. The molecule has 1 aliphatic rings. The van der Waals surface area contributed by atoms with Gasteiger partial charge in [0.1, 0.15) is 5.71 Å². The Morgan fingerprint density at radius 3 is 2.34 bits per heavy atom. The number of para-hydroxylation sites is 1. The van der Waals surface area contributed by atoms with Gasteiger partial charge < -0.3 is 10.4 Å². The minimum atomic E-state index is -0.909. The quantitative estimate of drug-likeness (QED) is 0.720. The molecule has 0 saturated heterocycles. The molecule has 0 bridgehead atoms. The Balaban J connectivity index is 1.73. The molecular formula is C22H23N3O4. The summed E-state index contributed by atoms with van der Waals surface area (Å²) in [6.45, 7) is 0. The van der Waals surface area contributed by atoms with Gasteiger partial charge in [-0.05, 0) is 30.5 Å². The van der Waals surface area contributed by atoms with Crippen molar-refractivity contribution in [3.8, 4) is 0 Å². The summed E-state index contributed by atoms with van der Waals surface area (Å²) >= 11 is 0. The topological polar surface area (TPSA) is 99.1 Å². The van der Waals surface area contributed by atoms with Crippen LogP contribution in [0.25, 0.3) is 0 Å². The van der Waals surface area contributed by atoms with E-state index in [-0.39, 0.29) is 42.8 Å². The highest BCUT2D eigenvalue weighted by Gasteiger charge is 2.27. The molecule has 0 fully saturated rings. The number of carbonyl (C=O) groups is 3. The first-order valence-corrected chi connectivity index (χ1v) is 9.55. The molecule has 0 spiro atoms. The highest BCUT2D eigenvalue weighted by atomic mass is 16.4. The number of benzene rings is 2. The molecule has 7 heteroatoms. The number of carboxylic acids is 1. The van der Waals surface area contributed by atoms with Crippen LogP contribution in [0.2, 0.25) is 0 Å². The molecule has 3 rings (SSSR count). The Kier molecular flexibility index (Phi) is 6.73. The summed E-state index contributed by atoms with van der Waals surface area (Å²) in [6, 6.07) is 18.2. The summed E-state index contributed by atoms with van der Waals surface area (Å²) < 4.78 is 0. The first-order chi connectivity index (χ1) is 14.0. The van der Waals surface area contributed by atoms with Gasteiger partial charge >= 0.3 is 5.97 Å². The van der Waals surface area contributed by atoms with Crippen LogP contribution in [-0.2, 0) is 20.8 Å². The minimum Gasteiger partial charge on any atom is -0.481 e. The molecule has 1 aliphatic heterocycles. The molecule has 1 unspecified atom stereocenters. The van der Waals surface area contributed by atoms with Crippen LogP contribution in [0, 0.1) is 0 Å². The van der Waals surface area contributed by atoms with Crippen molar-refractivity contribution in [3.05, 3.63) is 66.2 Å². The number of hydrazone groups is 1. The number of carboxylic acid groups (broad SMARTS) is 1. The second kappa shape index (κ2) is 9.64. The fourth-order valence-corrected chi connectivity index (χ4v) is 3.18. The van der Waals surface area contributed by atoms with E-state index in [0.717, 1.165) is 5.56 Å². The normalized spacial score (nSPS) is 14.8. The summed E-state index contributed by atoms with van der Waals surface area (Å²) in [7, 11) is 0. The predicted octanol–water partition coefficient (Wildman–Crippen LogP) is 2.76. The second-order valence-corrected chi connectivity index (χ2v) is 6.88. The SMILES string of the molecule is O=C(O)CCC(Cc1ccccc1)NC(=O)C1=NN(c2ccccc2)C(=O)CC1. The Morgan fingerprint density at radius 2 is 1.69 bits per heavy atom. The Morgan fingerprint density at radius 1 is 1.03 bits per heavy atom. The van der Waals surface area contributed by atoms with Crippen molar-refractivity contribution in [2.45, 2.75) is 38.1 Å². The van der Waals surface area contributed by atoms with Gasteiger partial charge in [0.05, 0.1) is 5.69 Å². The van der Waals surface area contributed by atoms with Crippen LogP contribution >= 0.6 is 0 Å². The zero-order valence-electron chi connectivity index (χ0n) is 16.0. The van der Waals surface area contributed by atoms with Gasteiger partial charge in [-0.2, -0.15) is 5.10 Å². The summed E-state index contributed by atoms with van der Waals surface area (Å²) in [5.41, 5.74) is 1.88. The van der Waals surface area contributed by atoms with E-state index in [9.17, 15) is 14.4 Å². The van der Waals surface area contributed by atoms with Crippen molar-refractivity contribution in [1.29, 1.82) is 0 Å². The Labute approximate surface area is 169 Å². The van der Waals surface area contributed by atoms with Crippen LogP contribution in [0.4, 0.5) is 5.69 Å². The number of anilines is 1. The Bertz CT molecular complexity index is 897. The van der Waals surface area contributed by atoms with Crippen LogP contribution in [0.5, 0.6) is 0 Å². The lowest BCUT2D eigenvalue weighted by Crippen LogP contribution is -2.44. The van der Waals surface area contributed by atoms with Gasteiger partial charge in [-0.1, -0.05) is 48.5 Å². The number of amides is 2. The van der Waals surface area contributed by atoms with Crippen LogP contribution in [0.1, 0.15) is 31.2 Å². The first kappa shape index (κ1) is 20.3. The molecule has 7 nitrogen and oxygen atoms in total. The van der Waals surface area contributed by atoms with Crippen molar-refractivity contribution in [1.82, 2.24) is 5.32 Å². The van der Waals surface area contributed by atoms with Crippen LogP contribution < -0.4 is 10.3 Å². The summed E-state index contributed by atoms with van der Waals surface area (Å²) in [5, 5.41) is 17.4. The van der Waals surface area contributed by atoms with Crippen LogP contribution in [-0.4, -0.2) is 34.6 Å². The lowest BCUT2D eigenvalue weighted by molar-refractivity contribution is -0.137. The molecule has 0 radical (unpaired) electrons. The monoisotopic (exact) mass is 393 g/mol. The van der Waals surface area contributed by atoms with E-state index in [1.165, 1.54) is 5.01 Å². The number of rotatable bonds is 8. The third-order valence-electron chi connectivity index (χ3n) is 4.66. The van der Waals surface area contributed by atoms with Gasteiger partial charge in [-0.15, -0.1) is 0 Å². The van der Waals surface area contributed by atoms with E-state index in [1.807, 2.05) is 36.4 Å². The maximum Gasteiger partial charge on any atom is 0.303 e. The average molecular weight is 393 g/mol.